The standard InChI is InChI=1S/C23H17F3N2O2S/c1-13-9-14(2)11-16(10-13)27-20-19(18-7-4-8-31-18)21(29)28(22(20)30)17-6-3-5-15(12-17)23(24,25)26/h3-12,27H,1-2H3. The number of aryl methyl sites for hydroxylation is 2. The van der Waals surface area contributed by atoms with Crippen LogP contribution in [0.3, 0.4) is 0 Å². The summed E-state index contributed by atoms with van der Waals surface area (Å²) in [5, 5.41) is 4.80. The minimum Gasteiger partial charge on any atom is -0.350 e. The SMILES string of the molecule is Cc1cc(C)cc(NC2=C(c3cccs3)C(=O)N(c3cccc(C(F)(F)F)c3)C2=O)c1. The molecule has 3 aromatic rings. The fraction of sp³-hybridized carbons (Fsp3) is 0.130. The van der Waals surface area contributed by atoms with E-state index >= 15 is 0 Å². The van der Waals surface area contributed by atoms with Gasteiger partial charge >= 0.3 is 6.18 Å². The zero-order chi connectivity index (χ0) is 22.3. The molecule has 4 nitrogen and oxygen atoms in total. The van der Waals surface area contributed by atoms with Crippen LogP contribution >= 0.6 is 11.3 Å². The number of alkyl halides is 3. The van der Waals surface area contributed by atoms with Crippen molar-refractivity contribution in [1.82, 2.24) is 0 Å². The maximum absolute atomic E-state index is 13.3. The largest absolute Gasteiger partial charge is 0.416 e. The van der Waals surface area contributed by atoms with Crippen LogP contribution in [0.25, 0.3) is 5.57 Å². The molecule has 1 aliphatic heterocycles. The van der Waals surface area contributed by atoms with E-state index in [-0.39, 0.29) is 17.0 Å². The summed E-state index contributed by atoms with van der Waals surface area (Å²) in [6.07, 6.45) is -4.59. The molecule has 0 radical (unpaired) electrons. The first-order valence-corrected chi connectivity index (χ1v) is 10.2. The van der Waals surface area contributed by atoms with Gasteiger partial charge in [-0.25, -0.2) is 4.90 Å². The van der Waals surface area contributed by atoms with Crippen molar-refractivity contribution in [2.45, 2.75) is 20.0 Å². The Morgan fingerprint density at radius 2 is 1.61 bits per heavy atom. The van der Waals surface area contributed by atoms with Crippen LogP contribution in [-0.4, -0.2) is 11.8 Å². The van der Waals surface area contributed by atoms with Crippen molar-refractivity contribution in [3.05, 3.63) is 87.2 Å². The maximum Gasteiger partial charge on any atom is 0.416 e. The van der Waals surface area contributed by atoms with Crippen LogP contribution in [0, 0.1) is 13.8 Å². The van der Waals surface area contributed by atoms with Gasteiger partial charge in [0.15, 0.2) is 0 Å². The smallest absolute Gasteiger partial charge is 0.350 e. The average Bonchev–Trinajstić information content (AvgIpc) is 3.27. The molecule has 31 heavy (non-hydrogen) atoms. The minimum atomic E-state index is -4.59. The van der Waals surface area contributed by atoms with Crippen LogP contribution in [0.4, 0.5) is 24.5 Å². The van der Waals surface area contributed by atoms with Crippen molar-refractivity contribution in [2.24, 2.45) is 0 Å². The first-order chi connectivity index (χ1) is 14.6. The lowest BCUT2D eigenvalue weighted by Crippen LogP contribution is -2.32. The van der Waals surface area contributed by atoms with E-state index in [1.54, 1.807) is 17.5 Å². The number of nitrogens with one attached hydrogen (secondary N) is 1. The number of anilines is 2. The van der Waals surface area contributed by atoms with Gasteiger partial charge in [0.25, 0.3) is 11.8 Å². The number of hydrogen-bond donors (Lipinski definition) is 1. The highest BCUT2D eigenvalue weighted by Crippen LogP contribution is 2.38. The lowest BCUT2D eigenvalue weighted by Gasteiger charge is -2.17. The van der Waals surface area contributed by atoms with E-state index in [0.29, 0.717) is 10.6 Å². The Hall–Kier alpha value is -3.39. The summed E-state index contributed by atoms with van der Waals surface area (Å²) in [7, 11) is 0. The number of carbonyl (C=O) groups excluding carboxylic acids is 2. The van der Waals surface area contributed by atoms with Gasteiger partial charge < -0.3 is 5.32 Å². The third-order valence-corrected chi connectivity index (χ3v) is 5.66. The number of carbonyl (C=O) groups is 2. The molecule has 4 rings (SSSR count). The van der Waals surface area contributed by atoms with Gasteiger partial charge in [-0.05, 0) is 66.8 Å². The molecule has 0 spiro atoms. The molecule has 0 saturated heterocycles. The Morgan fingerprint density at radius 1 is 0.903 bits per heavy atom. The predicted molar refractivity (Wildman–Crippen MR) is 115 cm³/mol. The highest BCUT2D eigenvalue weighted by Gasteiger charge is 2.41. The summed E-state index contributed by atoms with van der Waals surface area (Å²) in [4.78, 5) is 27.9. The normalized spacial score (nSPS) is 14.5. The number of amides is 2. The van der Waals surface area contributed by atoms with Gasteiger partial charge in [0.2, 0.25) is 0 Å². The lowest BCUT2D eigenvalue weighted by molar-refractivity contribution is -0.137. The van der Waals surface area contributed by atoms with E-state index in [1.807, 2.05) is 32.0 Å². The maximum atomic E-state index is 13.3. The second kappa shape index (κ2) is 7.70. The van der Waals surface area contributed by atoms with E-state index in [9.17, 15) is 22.8 Å². The van der Waals surface area contributed by atoms with Gasteiger partial charge in [-0.1, -0.05) is 18.2 Å². The van der Waals surface area contributed by atoms with Crippen molar-refractivity contribution in [2.75, 3.05) is 10.2 Å². The molecule has 1 N–H and O–H groups in total. The molecule has 0 unspecified atom stereocenters. The highest BCUT2D eigenvalue weighted by atomic mass is 32.1. The van der Waals surface area contributed by atoms with Crippen LogP contribution in [0.2, 0.25) is 0 Å². The molecule has 0 aliphatic carbocycles. The summed E-state index contributed by atoms with van der Waals surface area (Å²) in [6, 6.07) is 13.3. The molecule has 1 aromatic heterocycles. The number of halogens is 3. The minimum absolute atomic E-state index is 0.0369. The molecule has 2 heterocycles. The molecule has 0 fully saturated rings. The third kappa shape index (κ3) is 3.98. The van der Waals surface area contributed by atoms with Crippen LogP contribution < -0.4 is 10.2 Å². The second-order valence-corrected chi connectivity index (χ2v) is 8.17. The van der Waals surface area contributed by atoms with Gasteiger partial charge in [-0.3, -0.25) is 9.59 Å². The lowest BCUT2D eigenvalue weighted by atomic mass is 10.1. The van der Waals surface area contributed by atoms with E-state index in [0.717, 1.165) is 28.2 Å². The number of rotatable bonds is 4. The van der Waals surface area contributed by atoms with E-state index in [4.69, 9.17) is 0 Å². The summed E-state index contributed by atoms with van der Waals surface area (Å²) >= 11 is 1.27. The first-order valence-electron chi connectivity index (χ1n) is 9.34. The van der Waals surface area contributed by atoms with Crippen LogP contribution in [0.15, 0.2) is 65.7 Å². The fourth-order valence-corrected chi connectivity index (χ4v) is 4.31. The number of hydrogen-bond acceptors (Lipinski definition) is 4. The van der Waals surface area contributed by atoms with E-state index in [1.165, 1.54) is 23.5 Å². The summed E-state index contributed by atoms with van der Waals surface area (Å²) in [5.41, 5.74) is 1.66. The molecule has 0 atom stereocenters. The Bertz CT molecular complexity index is 1190. The van der Waals surface area contributed by atoms with E-state index in [2.05, 4.69) is 5.32 Å². The molecular formula is C23H17F3N2O2S. The molecule has 2 amide bonds. The Balaban J connectivity index is 1.80. The topological polar surface area (TPSA) is 49.4 Å². The Labute approximate surface area is 180 Å². The summed E-state index contributed by atoms with van der Waals surface area (Å²) < 4.78 is 39.5. The number of thiophene rings is 1. The van der Waals surface area contributed by atoms with Gasteiger partial charge in [0, 0.05) is 10.6 Å². The van der Waals surface area contributed by atoms with Gasteiger partial charge in [0.05, 0.1) is 16.8 Å². The Kier molecular flexibility index (Phi) is 5.18. The monoisotopic (exact) mass is 442 g/mol. The average molecular weight is 442 g/mol. The zero-order valence-corrected chi connectivity index (χ0v) is 17.4. The van der Waals surface area contributed by atoms with Gasteiger partial charge in [0.1, 0.15) is 5.70 Å². The predicted octanol–water partition coefficient (Wildman–Crippen LogP) is 5.78. The molecule has 0 bridgehead atoms. The number of imide groups is 1. The molecule has 0 saturated carbocycles. The van der Waals surface area contributed by atoms with Crippen molar-refractivity contribution in [3.63, 3.8) is 0 Å². The van der Waals surface area contributed by atoms with Crippen LogP contribution in [-0.2, 0) is 15.8 Å². The molecule has 1 aliphatic rings. The van der Waals surface area contributed by atoms with E-state index < -0.39 is 23.6 Å². The molecular weight excluding hydrogens is 425 g/mol. The quantitative estimate of drug-likeness (QED) is 0.521. The zero-order valence-electron chi connectivity index (χ0n) is 16.6. The second-order valence-electron chi connectivity index (χ2n) is 7.22. The van der Waals surface area contributed by atoms with Crippen molar-refractivity contribution in [3.8, 4) is 0 Å². The third-order valence-electron chi connectivity index (χ3n) is 4.77. The summed E-state index contributed by atoms with van der Waals surface area (Å²) in [5.74, 6) is -1.37. The number of nitrogens with zero attached hydrogens (tertiary/aromatic N) is 1. The Morgan fingerprint density at radius 3 is 2.23 bits per heavy atom. The van der Waals surface area contributed by atoms with Crippen molar-refractivity contribution >= 4 is 40.1 Å². The molecule has 158 valence electrons. The van der Waals surface area contributed by atoms with Crippen LogP contribution in [0.1, 0.15) is 21.6 Å². The summed E-state index contributed by atoms with van der Waals surface area (Å²) in [6.45, 7) is 3.81. The molecule has 2 aromatic carbocycles. The van der Waals surface area contributed by atoms with Crippen molar-refractivity contribution in [1.29, 1.82) is 0 Å². The van der Waals surface area contributed by atoms with Gasteiger partial charge in [-0.2, -0.15) is 13.2 Å². The molecule has 8 heteroatoms. The number of benzene rings is 2. The van der Waals surface area contributed by atoms with Crippen molar-refractivity contribution < 1.29 is 22.8 Å². The van der Waals surface area contributed by atoms with Crippen LogP contribution in [0.5, 0.6) is 0 Å². The first kappa shape index (κ1) is 20.9. The fourth-order valence-electron chi connectivity index (χ4n) is 3.54. The van der Waals surface area contributed by atoms with Gasteiger partial charge in [-0.15, -0.1) is 11.3 Å². The highest BCUT2D eigenvalue weighted by molar-refractivity contribution is 7.11.